The molecular formula is C18H19ClN4. The number of nitrogens with one attached hydrogen (secondary N) is 2. The molecule has 0 radical (unpaired) electrons. The highest BCUT2D eigenvalue weighted by Gasteiger charge is 2.10. The van der Waals surface area contributed by atoms with Crippen LogP contribution in [0.2, 0.25) is 5.02 Å². The molecule has 4 nitrogen and oxygen atoms in total. The first kappa shape index (κ1) is 16.9. The summed E-state index contributed by atoms with van der Waals surface area (Å²) in [5.74, 6) is 0.680. The maximum Gasteiger partial charge on any atom is 0.191 e. The van der Waals surface area contributed by atoms with Gasteiger partial charge in [-0.3, -0.25) is 4.99 Å². The van der Waals surface area contributed by atoms with E-state index in [0.29, 0.717) is 18.1 Å². The highest BCUT2D eigenvalue weighted by Crippen LogP contribution is 2.21. The topological polar surface area (TPSA) is 60.2 Å². The van der Waals surface area contributed by atoms with Gasteiger partial charge in [0.25, 0.3) is 0 Å². The molecule has 0 fully saturated rings. The second-order valence-electron chi connectivity index (χ2n) is 5.13. The fourth-order valence-corrected chi connectivity index (χ4v) is 2.54. The van der Waals surface area contributed by atoms with E-state index in [4.69, 9.17) is 16.9 Å². The van der Waals surface area contributed by atoms with E-state index in [1.54, 1.807) is 13.1 Å². The zero-order chi connectivity index (χ0) is 16.7. The standard InChI is InChI=1S/C18H19ClN4/c1-13(16-8-3-4-9-17(16)19)23-18(21-2)22-12-15-7-5-6-14(10-15)11-20/h3-10,13H,12H2,1-2H3,(H2,21,22,23). The van der Waals surface area contributed by atoms with Gasteiger partial charge in [-0.2, -0.15) is 5.26 Å². The fraction of sp³-hybridized carbons (Fsp3) is 0.222. The van der Waals surface area contributed by atoms with E-state index in [2.05, 4.69) is 21.7 Å². The Morgan fingerprint density at radius 2 is 2.04 bits per heavy atom. The van der Waals surface area contributed by atoms with Gasteiger partial charge < -0.3 is 10.6 Å². The highest BCUT2D eigenvalue weighted by atomic mass is 35.5. The first-order chi connectivity index (χ1) is 11.1. The molecule has 23 heavy (non-hydrogen) atoms. The van der Waals surface area contributed by atoms with Gasteiger partial charge in [-0.1, -0.05) is 41.9 Å². The lowest BCUT2D eigenvalue weighted by Gasteiger charge is -2.19. The molecule has 0 spiro atoms. The summed E-state index contributed by atoms with van der Waals surface area (Å²) in [5.41, 5.74) is 2.69. The lowest BCUT2D eigenvalue weighted by Crippen LogP contribution is -2.38. The van der Waals surface area contributed by atoms with Gasteiger partial charge in [0, 0.05) is 18.6 Å². The quantitative estimate of drug-likeness (QED) is 0.666. The Hall–Kier alpha value is -2.51. The number of nitriles is 1. The smallest absolute Gasteiger partial charge is 0.191 e. The summed E-state index contributed by atoms with van der Waals surface area (Å²) in [6, 6.07) is 17.4. The van der Waals surface area contributed by atoms with Crippen LogP contribution in [0.3, 0.4) is 0 Å². The van der Waals surface area contributed by atoms with Gasteiger partial charge >= 0.3 is 0 Å². The first-order valence-electron chi connectivity index (χ1n) is 7.34. The molecular weight excluding hydrogens is 308 g/mol. The maximum absolute atomic E-state index is 8.94. The Morgan fingerprint density at radius 1 is 1.26 bits per heavy atom. The van der Waals surface area contributed by atoms with Gasteiger partial charge in [0.2, 0.25) is 0 Å². The molecule has 0 heterocycles. The number of hydrogen-bond donors (Lipinski definition) is 2. The summed E-state index contributed by atoms with van der Waals surface area (Å²) in [6.07, 6.45) is 0. The molecule has 5 heteroatoms. The van der Waals surface area contributed by atoms with Crippen LogP contribution in [0.4, 0.5) is 0 Å². The summed E-state index contributed by atoms with van der Waals surface area (Å²) in [5, 5.41) is 16.2. The van der Waals surface area contributed by atoms with Crippen molar-refractivity contribution in [3.05, 3.63) is 70.2 Å². The van der Waals surface area contributed by atoms with Crippen molar-refractivity contribution in [1.82, 2.24) is 10.6 Å². The Kier molecular flexibility index (Phi) is 6.02. The van der Waals surface area contributed by atoms with Crippen molar-refractivity contribution in [1.29, 1.82) is 5.26 Å². The van der Waals surface area contributed by atoms with E-state index >= 15 is 0 Å². The average Bonchev–Trinajstić information content (AvgIpc) is 2.59. The number of benzene rings is 2. The third kappa shape index (κ3) is 4.73. The zero-order valence-electron chi connectivity index (χ0n) is 13.2. The summed E-state index contributed by atoms with van der Waals surface area (Å²) in [7, 11) is 1.72. The second kappa shape index (κ2) is 8.21. The molecule has 2 rings (SSSR count). The van der Waals surface area contributed by atoms with Gasteiger partial charge in [0.15, 0.2) is 5.96 Å². The lowest BCUT2D eigenvalue weighted by molar-refractivity contribution is 0.685. The monoisotopic (exact) mass is 326 g/mol. The Bertz CT molecular complexity index is 734. The molecule has 0 saturated carbocycles. The second-order valence-corrected chi connectivity index (χ2v) is 5.53. The zero-order valence-corrected chi connectivity index (χ0v) is 13.9. The third-order valence-corrected chi connectivity index (χ3v) is 3.81. The first-order valence-corrected chi connectivity index (χ1v) is 7.72. The molecule has 2 aromatic rings. The van der Waals surface area contributed by atoms with Crippen molar-refractivity contribution in [2.75, 3.05) is 7.05 Å². The van der Waals surface area contributed by atoms with Crippen LogP contribution in [0.1, 0.15) is 29.7 Å². The van der Waals surface area contributed by atoms with Crippen LogP contribution in [0, 0.1) is 11.3 Å². The number of rotatable bonds is 4. The van der Waals surface area contributed by atoms with Crippen LogP contribution in [-0.2, 0) is 6.54 Å². The van der Waals surface area contributed by atoms with E-state index in [0.717, 1.165) is 16.1 Å². The van der Waals surface area contributed by atoms with E-state index in [9.17, 15) is 0 Å². The minimum absolute atomic E-state index is 0.0281. The Morgan fingerprint density at radius 3 is 2.74 bits per heavy atom. The normalized spacial score (nSPS) is 12.3. The molecule has 0 amide bonds. The van der Waals surface area contributed by atoms with E-state index in [-0.39, 0.29) is 6.04 Å². The maximum atomic E-state index is 8.94. The van der Waals surface area contributed by atoms with Crippen molar-refractivity contribution in [3.63, 3.8) is 0 Å². The molecule has 1 unspecified atom stereocenters. The third-order valence-electron chi connectivity index (χ3n) is 3.46. The predicted octanol–water partition coefficient (Wildman–Crippen LogP) is 3.64. The molecule has 1 atom stereocenters. The van der Waals surface area contributed by atoms with Crippen LogP contribution < -0.4 is 10.6 Å². The van der Waals surface area contributed by atoms with Gasteiger partial charge in [-0.25, -0.2) is 0 Å². The summed E-state index contributed by atoms with van der Waals surface area (Å²) < 4.78 is 0. The van der Waals surface area contributed by atoms with Gasteiger partial charge in [-0.15, -0.1) is 0 Å². The number of hydrogen-bond acceptors (Lipinski definition) is 2. The Labute approximate surface area is 141 Å². The Balaban J connectivity index is 1.98. The predicted molar refractivity (Wildman–Crippen MR) is 94.4 cm³/mol. The molecule has 118 valence electrons. The molecule has 0 aliphatic rings. The molecule has 0 aromatic heterocycles. The van der Waals surface area contributed by atoms with E-state index in [1.165, 1.54) is 0 Å². The largest absolute Gasteiger partial charge is 0.352 e. The van der Waals surface area contributed by atoms with Crippen molar-refractivity contribution in [3.8, 4) is 6.07 Å². The van der Waals surface area contributed by atoms with Crippen LogP contribution in [0.5, 0.6) is 0 Å². The number of aliphatic imine (C=N–C) groups is 1. The summed E-state index contributed by atoms with van der Waals surface area (Å²) >= 11 is 6.22. The highest BCUT2D eigenvalue weighted by molar-refractivity contribution is 6.31. The van der Waals surface area contributed by atoms with Crippen molar-refractivity contribution < 1.29 is 0 Å². The van der Waals surface area contributed by atoms with E-state index in [1.807, 2.05) is 49.4 Å². The average molecular weight is 327 g/mol. The molecule has 0 aliphatic heterocycles. The number of nitrogens with zero attached hydrogens (tertiary/aromatic N) is 2. The SMILES string of the molecule is CN=C(NCc1cccc(C#N)c1)NC(C)c1ccccc1Cl. The van der Waals surface area contributed by atoms with E-state index < -0.39 is 0 Å². The van der Waals surface area contributed by atoms with Crippen LogP contribution in [-0.4, -0.2) is 13.0 Å². The number of halogens is 1. The van der Waals surface area contributed by atoms with Crippen LogP contribution in [0.15, 0.2) is 53.5 Å². The van der Waals surface area contributed by atoms with Crippen LogP contribution in [0.25, 0.3) is 0 Å². The molecule has 0 bridgehead atoms. The van der Waals surface area contributed by atoms with Gasteiger partial charge in [0.05, 0.1) is 17.7 Å². The molecule has 2 aromatic carbocycles. The van der Waals surface area contributed by atoms with Crippen molar-refractivity contribution in [2.24, 2.45) is 4.99 Å². The molecule has 0 saturated heterocycles. The fourth-order valence-electron chi connectivity index (χ4n) is 2.24. The van der Waals surface area contributed by atoms with Crippen molar-refractivity contribution >= 4 is 17.6 Å². The van der Waals surface area contributed by atoms with Crippen molar-refractivity contribution in [2.45, 2.75) is 19.5 Å². The summed E-state index contributed by atoms with van der Waals surface area (Å²) in [6.45, 7) is 2.62. The van der Waals surface area contributed by atoms with Gasteiger partial charge in [-0.05, 0) is 36.2 Å². The number of guanidine groups is 1. The lowest BCUT2D eigenvalue weighted by atomic mass is 10.1. The minimum Gasteiger partial charge on any atom is -0.352 e. The molecule has 0 aliphatic carbocycles. The minimum atomic E-state index is 0.0281. The molecule has 2 N–H and O–H groups in total. The summed E-state index contributed by atoms with van der Waals surface area (Å²) in [4.78, 5) is 4.23. The van der Waals surface area contributed by atoms with Gasteiger partial charge in [0.1, 0.15) is 0 Å². The van der Waals surface area contributed by atoms with Crippen LogP contribution >= 0.6 is 11.6 Å².